The molecule has 0 saturated carbocycles. The molecule has 0 bridgehead atoms. The highest BCUT2D eigenvalue weighted by atomic mass is 16.6. The average Bonchev–Trinajstić information content (AvgIpc) is 2.40. The lowest BCUT2D eigenvalue weighted by Crippen LogP contribution is -2.25. The van der Waals surface area contributed by atoms with Crippen LogP contribution in [0.5, 0.6) is 0 Å². The number of anilines is 2. The molecule has 1 aromatic rings. The van der Waals surface area contributed by atoms with Gasteiger partial charge in [0.05, 0.1) is 4.92 Å². The van der Waals surface area contributed by atoms with Crippen LogP contribution in [0.25, 0.3) is 0 Å². The molecule has 6 heteroatoms. The lowest BCUT2D eigenvalue weighted by molar-refractivity contribution is -0.383. The van der Waals surface area contributed by atoms with Gasteiger partial charge in [-0.3, -0.25) is 10.1 Å². The summed E-state index contributed by atoms with van der Waals surface area (Å²) in [6, 6.07) is 5.27. The lowest BCUT2D eigenvalue weighted by atomic mass is 10.2. The number of rotatable bonds is 8. The molecular weight excluding hydrogens is 246 g/mol. The van der Waals surface area contributed by atoms with Gasteiger partial charge < -0.3 is 15.3 Å². The SMILES string of the molecule is CCNc1cccc(N(CC)CCCO)c1[N+](=O)[O-]. The molecule has 0 aliphatic rings. The lowest BCUT2D eigenvalue weighted by Gasteiger charge is -2.23. The Morgan fingerprint density at radius 2 is 2.16 bits per heavy atom. The normalized spacial score (nSPS) is 10.3. The molecule has 0 fully saturated rings. The molecule has 0 spiro atoms. The number of benzene rings is 1. The maximum atomic E-state index is 11.3. The van der Waals surface area contributed by atoms with E-state index >= 15 is 0 Å². The van der Waals surface area contributed by atoms with E-state index in [-0.39, 0.29) is 17.2 Å². The van der Waals surface area contributed by atoms with Gasteiger partial charge in [-0.25, -0.2) is 0 Å². The molecule has 1 rings (SSSR count). The highest BCUT2D eigenvalue weighted by molar-refractivity contribution is 5.77. The molecule has 0 saturated heterocycles. The van der Waals surface area contributed by atoms with Crippen LogP contribution in [-0.2, 0) is 0 Å². The van der Waals surface area contributed by atoms with Crippen LogP contribution in [-0.4, -0.2) is 36.3 Å². The zero-order valence-electron chi connectivity index (χ0n) is 11.4. The van der Waals surface area contributed by atoms with Gasteiger partial charge in [0.25, 0.3) is 0 Å². The minimum atomic E-state index is -0.352. The third-order valence-corrected chi connectivity index (χ3v) is 2.87. The van der Waals surface area contributed by atoms with Crippen molar-refractivity contribution in [3.8, 4) is 0 Å². The molecule has 6 nitrogen and oxygen atoms in total. The van der Waals surface area contributed by atoms with Gasteiger partial charge in [0, 0.05) is 26.2 Å². The van der Waals surface area contributed by atoms with Crippen molar-refractivity contribution in [2.75, 3.05) is 36.5 Å². The Hall–Kier alpha value is -1.82. The molecule has 2 N–H and O–H groups in total. The number of nitro benzene ring substituents is 1. The van der Waals surface area contributed by atoms with Gasteiger partial charge in [-0.15, -0.1) is 0 Å². The standard InChI is InChI=1S/C13H21N3O3/c1-3-14-11-7-5-8-12(13(11)16(18)19)15(4-2)9-6-10-17/h5,7-8,14,17H,3-4,6,9-10H2,1-2H3. The van der Waals surface area contributed by atoms with Crippen LogP contribution in [0.1, 0.15) is 20.3 Å². The Balaban J connectivity index is 3.16. The second kappa shape index (κ2) is 7.58. The highest BCUT2D eigenvalue weighted by Gasteiger charge is 2.22. The topological polar surface area (TPSA) is 78.6 Å². The van der Waals surface area contributed by atoms with E-state index in [4.69, 9.17) is 5.11 Å². The van der Waals surface area contributed by atoms with Crippen molar-refractivity contribution in [2.24, 2.45) is 0 Å². The fourth-order valence-corrected chi connectivity index (χ4v) is 2.02. The number of hydrogen-bond donors (Lipinski definition) is 2. The number of para-hydroxylation sites is 1. The summed E-state index contributed by atoms with van der Waals surface area (Å²) in [5.74, 6) is 0. The van der Waals surface area contributed by atoms with Crippen LogP contribution >= 0.6 is 0 Å². The first-order valence-electron chi connectivity index (χ1n) is 6.52. The molecule has 0 aromatic heterocycles. The molecule has 0 radical (unpaired) electrons. The molecule has 19 heavy (non-hydrogen) atoms. The zero-order chi connectivity index (χ0) is 14.3. The number of nitrogens with one attached hydrogen (secondary N) is 1. The second-order valence-corrected chi connectivity index (χ2v) is 4.12. The number of aliphatic hydroxyl groups excluding tert-OH is 1. The van der Waals surface area contributed by atoms with Crippen LogP contribution in [0.15, 0.2) is 18.2 Å². The molecule has 0 heterocycles. The Morgan fingerprint density at radius 1 is 1.42 bits per heavy atom. The third kappa shape index (κ3) is 3.82. The maximum Gasteiger partial charge on any atom is 0.315 e. The van der Waals surface area contributed by atoms with Gasteiger partial charge in [0.1, 0.15) is 11.4 Å². The summed E-state index contributed by atoms with van der Waals surface area (Å²) in [4.78, 5) is 12.9. The van der Waals surface area contributed by atoms with E-state index in [0.29, 0.717) is 37.4 Å². The van der Waals surface area contributed by atoms with Gasteiger partial charge in [-0.2, -0.15) is 0 Å². The summed E-state index contributed by atoms with van der Waals surface area (Å²) in [5.41, 5.74) is 1.23. The predicted molar refractivity (Wildman–Crippen MR) is 76.8 cm³/mol. The average molecular weight is 267 g/mol. The minimum absolute atomic E-state index is 0.0806. The van der Waals surface area contributed by atoms with E-state index in [1.807, 2.05) is 24.8 Å². The first kappa shape index (κ1) is 15.2. The number of hydrogen-bond acceptors (Lipinski definition) is 5. The van der Waals surface area contributed by atoms with E-state index in [1.54, 1.807) is 12.1 Å². The predicted octanol–water partition coefficient (Wildman–Crippen LogP) is 2.24. The minimum Gasteiger partial charge on any atom is -0.396 e. The summed E-state index contributed by atoms with van der Waals surface area (Å²) in [6.07, 6.45) is 0.594. The first-order valence-corrected chi connectivity index (χ1v) is 6.52. The summed E-state index contributed by atoms with van der Waals surface area (Å²) < 4.78 is 0. The molecule has 0 amide bonds. The van der Waals surface area contributed by atoms with Crippen molar-refractivity contribution >= 4 is 17.1 Å². The van der Waals surface area contributed by atoms with Crippen molar-refractivity contribution in [2.45, 2.75) is 20.3 Å². The molecule has 0 aliphatic heterocycles. The van der Waals surface area contributed by atoms with E-state index in [1.165, 1.54) is 0 Å². The Labute approximate surface area is 113 Å². The van der Waals surface area contributed by atoms with Gasteiger partial charge in [0.15, 0.2) is 0 Å². The van der Waals surface area contributed by atoms with Gasteiger partial charge in [-0.05, 0) is 32.4 Å². The monoisotopic (exact) mass is 267 g/mol. The maximum absolute atomic E-state index is 11.3. The summed E-state index contributed by atoms with van der Waals surface area (Å²) in [6.45, 7) is 5.82. The highest BCUT2D eigenvalue weighted by Crippen LogP contribution is 2.35. The van der Waals surface area contributed by atoms with Crippen LogP contribution in [0.4, 0.5) is 17.1 Å². The van der Waals surface area contributed by atoms with Gasteiger partial charge >= 0.3 is 5.69 Å². The van der Waals surface area contributed by atoms with Gasteiger partial charge in [-0.1, -0.05) is 6.07 Å². The van der Waals surface area contributed by atoms with E-state index in [0.717, 1.165) is 0 Å². The molecular formula is C13H21N3O3. The molecule has 0 aliphatic carbocycles. The summed E-state index contributed by atoms with van der Waals surface area (Å²) in [7, 11) is 0. The van der Waals surface area contributed by atoms with Crippen molar-refractivity contribution in [1.82, 2.24) is 0 Å². The third-order valence-electron chi connectivity index (χ3n) is 2.87. The van der Waals surface area contributed by atoms with Crippen LogP contribution in [0.2, 0.25) is 0 Å². The van der Waals surface area contributed by atoms with Crippen LogP contribution in [0, 0.1) is 10.1 Å². The second-order valence-electron chi connectivity index (χ2n) is 4.12. The van der Waals surface area contributed by atoms with E-state index in [9.17, 15) is 10.1 Å². The number of aliphatic hydroxyl groups is 1. The first-order chi connectivity index (χ1) is 9.15. The van der Waals surface area contributed by atoms with E-state index < -0.39 is 0 Å². The van der Waals surface area contributed by atoms with Crippen LogP contribution in [0.3, 0.4) is 0 Å². The smallest absolute Gasteiger partial charge is 0.315 e. The fraction of sp³-hybridized carbons (Fsp3) is 0.538. The Kier molecular flexibility index (Phi) is 6.08. The Bertz CT molecular complexity index is 424. The quantitative estimate of drug-likeness (QED) is 0.558. The zero-order valence-corrected chi connectivity index (χ0v) is 11.4. The summed E-state index contributed by atoms with van der Waals surface area (Å²) >= 11 is 0. The number of nitrogens with zero attached hydrogens (tertiary/aromatic N) is 2. The Morgan fingerprint density at radius 3 is 2.68 bits per heavy atom. The van der Waals surface area contributed by atoms with Crippen molar-refractivity contribution in [1.29, 1.82) is 0 Å². The van der Waals surface area contributed by atoms with Gasteiger partial charge in [0.2, 0.25) is 0 Å². The van der Waals surface area contributed by atoms with Crippen molar-refractivity contribution in [3.63, 3.8) is 0 Å². The van der Waals surface area contributed by atoms with E-state index in [2.05, 4.69) is 5.32 Å². The molecule has 0 atom stereocenters. The largest absolute Gasteiger partial charge is 0.396 e. The fourth-order valence-electron chi connectivity index (χ4n) is 2.02. The van der Waals surface area contributed by atoms with Crippen molar-refractivity contribution in [3.05, 3.63) is 28.3 Å². The molecule has 106 valence electrons. The van der Waals surface area contributed by atoms with Crippen molar-refractivity contribution < 1.29 is 10.0 Å². The molecule has 1 aromatic carbocycles. The molecule has 0 unspecified atom stereocenters. The van der Waals surface area contributed by atoms with Crippen LogP contribution < -0.4 is 10.2 Å². The number of nitro groups is 1. The summed E-state index contributed by atoms with van der Waals surface area (Å²) in [5, 5.41) is 23.2.